The number of hydrogen-bond donors (Lipinski definition) is 1. The Kier molecular flexibility index (Phi) is 8.65. The van der Waals surface area contributed by atoms with Gasteiger partial charge in [-0.1, -0.05) is 18.7 Å². The minimum atomic E-state index is -0.715. The van der Waals surface area contributed by atoms with E-state index in [-0.39, 0.29) is 52.6 Å². The van der Waals surface area contributed by atoms with E-state index >= 15 is 4.39 Å². The van der Waals surface area contributed by atoms with Gasteiger partial charge in [-0.3, -0.25) is 20.1 Å². The Bertz CT molecular complexity index is 1430. The molecule has 0 aromatic heterocycles. The first-order valence-electron chi connectivity index (χ1n) is 13.0. The van der Waals surface area contributed by atoms with Crippen molar-refractivity contribution in [1.29, 1.82) is 0 Å². The van der Waals surface area contributed by atoms with Gasteiger partial charge in [0.1, 0.15) is 41.7 Å². The first kappa shape index (κ1) is 29.2. The van der Waals surface area contributed by atoms with Crippen LogP contribution in [-0.4, -0.2) is 70.2 Å². The summed E-state index contributed by atoms with van der Waals surface area (Å²) in [6.45, 7) is 10.4. The third-order valence-electron chi connectivity index (χ3n) is 6.28. The number of hydrogen-bond acceptors (Lipinski definition) is 10. The van der Waals surface area contributed by atoms with Crippen molar-refractivity contribution in [1.82, 2.24) is 9.91 Å². The Morgan fingerprint density at radius 3 is 2.71 bits per heavy atom. The number of benzene rings is 2. The zero-order valence-electron chi connectivity index (χ0n) is 23.1. The van der Waals surface area contributed by atoms with Crippen molar-refractivity contribution in [2.45, 2.75) is 45.3 Å². The molecular formula is C28H32FN7O5. The van der Waals surface area contributed by atoms with Crippen LogP contribution < -0.4 is 10.5 Å². The largest absolute Gasteiger partial charge is 0.450 e. The van der Waals surface area contributed by atoms with Crippen molar-refractivity contribution in [2.75, 3.05) is 19.8 Å². The number of halogens is 1. The second kappa shape index (κ2) is 12.1. The number of amidine groups is 1. The summed E-state index contributed by atoms with van der Waals surface area (Å²) in [7, 11) is 0. The lowest BCUT2D eigenvalue weighted by Gasteiger charge is -2.38. The molecule has 216 valence electrons. The number of nitrogens with two attached hydrogens (primary N) is 1. The number of carbonyl (C=O) groups excluding carboxylic acids is 1. The maximum absolute atomic E-state index is 15.6. The monoisotopic (exact) mass is 565 g/mol. The highest BCUT2D eigenvalue weighted by molar-refractivity contribution is 6.29. The maximum Gasteiger partial charge on any atom is 0.410 e. The molecule has 4 rings (SSSR count). The lowest BCUT2D eigenvalue weighted by atomic mass is 10.0. The molecule has 2 aliphatic heterocycles. The quantitative estimate of drug-likeness (QED) is 0.403. The molecule has 2 N–H and O–H groups in total. The Balaban J connectivity index is 1.65. The lowest BCUT2D eigenvalue weighted by molar-refractivity contribution is -0.385. The molecule has 1 saturated heterocycles. The van der Waals surface area contributed by atoms with Crippen LogP contribution in [0.1, 0.15) is 39.2 Å². The van der Waals surface area contributed by atoms with Crippen molar-refractivity contribution in [3.63, 3.8) is 0 Å². The molecule has 0 spiro atoms. The van der Waals surface area contributed by atoms with Crippen LogP contribution in [0.15, 0.2) is 69.7 Å². The minimum Gasteiger partial charge on any atom is -0.450 e. The van der Waals surface area contributed by atoms with E-state index in [4.69, 9.17) is 20.3 Å². The summed E-state index contributed by atoms with van der Waals surface area (Å²) in [6, 6.07) is 9.57. The summed E-state index contributed by atoms with van der Waals surface area (Å²) in [6.07, 6.45) is 2.29. The number of rotatable bonds is 5. The van der Waals surface area contributed by atoms with E-state index in [1.807, 2.05) is 0 Å². The van der Waals surface area contributed by atoms with Crippen molar-refractivity contribution >= 4 is 29.7 Å². The normalized spacial score (nSPS) is 18.0. The van der Waals surface area contributed by atoms with E-state index in [2.05, 4.69) is 16.6 Å². The molecule has 13 heteroatoms. The lowest BCUT2D eigenvalue weighted by Crippen LogP contribution is -2.49. The second-order valence-electron chi connectivity index (χ2n) is 10.5. The van der Waals surface area contributed by atoms with Crippen molar-refractivity contribution in [3.8, 4) is 11.5 Å². The van der Waals surface area contributed by atoms with Gasteiger partial charge >= 0.3 is 11.8 Å². The standard InChI is InChI=1S/C28H32FN7O5/c1-18-25(21-12-11-20(14-22(21)29)40-24-10-6-5-9-23(24)36(38)39)33-35(17-31-16-32-26(18)30)19-8-7-13-34(15-19)27(37)41-28(2,3)4/h5-6,9-12,14,16,19H,1,7-8,13,15,17H2,2-4H3,(H2,30,31,32). The van der Waals surface area contributed by atoms with E-state index in [0.29, 0.717) is 25.9 Å². The number of aliphatic imine (C=N–C) groups is 2. The molecule has 2 aliphatic rings. The van der Waals surface area contributed by atoms with E-state index in [9.17, 15) is 14.9 Å². The topological polar surface area (TPSA) is 148 Å². The smallest absolute Gasteiger partial charge is 0.410 e. The number of nitro groups is 1. The Hall–Kier alpha value is -4.81. The van der Waals surface area contributed by atoms with Crippen LogP contribution in [-0.2, 0) is 4.74 Å². The Labute approximate surface area is 236 Å². The number of ether oxygens (including phenoxy) is 2. The number of carbonyl (C=O) groups is 1. The summed E-state index contributed by atoms with van der Waals surface area (Å²) in [5, 5.41) is 17.7. The summed E-state index contributed by atoms with van der Waals surface area (Å²) in [5.74, 6) is -0.682. The van der Waals surface area contributed by atoms with Crippen LogP contribution in [0.4, 0.5) is 14.9 Å². The highest BCUT2D eigenvalue weighted by Crippen LogP contribution is 2.32. The third kappa shape index (κ3) is 7.24. The van der Waals surface area contributed by atoms with Gasteiger partial charge in [0.25, 0.3) is 0 Å². The van der Waals surface area contributed by atoms with Gasteiger partial charge in [0.15, 0.2) is 0 Å². The fraction of sp³-hybridized carbons (Fsp3) is 0.357. The van der Waals surface area contributed by atoms with Gasteiger partial charge < -0.3 is 20.1 Å². The number of likely N-dealkylation sites (tertiary alicyclic amines) is 1. The fourth-order valence-electron chi connectivity index (χ4n) is 4.32. The number of nitrogens with zero attached hydrogens (tertiary/aromatic N) is 6. The summed E-state index contributed by atoms with van der Waals surface area (Å²) in [5.41, 5.74) is 5.57. The highest BCUT2D eigenvalue weighted by atomic mass is 19.1. The maximum atomic E-state index is 15.6. The zero-order chi connectivity index (χ0) is 29.7. The van der Waals surface area contributed by atoms with Crippen molar-refractivity contribution < 1.29 is 23.6 Å². The zero-order valence-corrected chi connectivity index (χ0v) is 23.1. The molecule has 1 fully saturated rings. The molecular weight excluding hydrogens is 533 g/mol. The predicted molar refractivity (Wildman–Crippen MR) is 153 cm³/mol. The fourth-order valence-corrected chi connectivity index (χ4v) is 4.32. The third-order valence-corrected chi connectivity index (χ3v) is 6.28. The first-order chi connectivity index (χ1) is 19.4. The van der Waals surface area contributed by atoms with E-state index in [1.165, 1.54) is 36.7 Å². The molecule has 2 heterocycles. The van der Waals surface area contributed by atoms with Gasteiger partial charge in [-0.25, -0.2) is 14.2 Å². The average Bonchev–Trinajstić information content (AvgIpc) is 2.98. The number of piperidine rings is 1. The number of hydrazone groups is 1. The molecule has 1 unspecified atom stereocenters. The average molecular weight is 566 g/mol. The van der Waals surface area contributed by atoms with Gasteiger partial charge in [0.2, 0.25) is 5.75 Å². The first-order valence-corrected chi connectivity index (χ1v) is 13.0. The van der Waals surface area contributed by atoms with E-state index < -0.39 is 22.4 Å². The highest BCUT2D eigenvalue weighted by Gasteiger charge is 2.31. The van der Waals surface area contributed by atoms with E-state index in [0.717, 1.165) is 6.07 Å². The van der Waals surface area contributed by atoms with Crippen LogP contribution in [0.3, 0.4) is 0 Å². The van der Waals surface area contributed by atoms with E-state index in [1.54, 1.807) is 36.7 Å². The number of para-hydroxylation sites is 2. The van der Waals surface area contributed by atoms with Gasteiger partial charge in [-0.05, 0) is 51.8 Å². The Morgan fingerprint density at radius 2 is 2.00 bits per heavy atom. The molecule has 0 saturated carbocycles. The molecule has 1 amide bonds. The molecule has 0 radical (unpaired) electrons. The molecule has 12 nitrogen and oxygen atoms in total. The molecule has 1 atom stereocenters. The SMILES string of the molecule is C=C1C(N)=NC=NCN(C2CCCN(C(=O)OC(C)(C)C)C2)N=C1c1ccc(Oc2ccccc2[N+](=O)[O-])cc1F. The Morgan fingerprint density at radius 1 is 1.24 bits per heavy atom. The van der Waals surface area contributed by atoms with Crippen LogP contribution in [0.2, 0.25) is 0 Å². The minimum absolute atomic E-state index is 0.00742. The second-order valence-corrected chi connectivity index (χ2v) is 10.5. The molecule has 41 heavy (non-hydrogen) atoms. The van der Waals surface area contributed by atoms with Gasteiger partial charge in [-0.15, -0.1) is 0 Å². The van der Waals surface area contributed by atoms with Crippen LogP contribution >= 0.6 is 0 Å². The summed E-state index contributed by atoms with van der Waals surface area (Å²) in [4.78, 5) is 33.5. The number of amides is 1. The van der Waals surface area contributed by atoms with Crippen LogP contribution in [0.25, 0.3) is 0 Å². The molecule has 0 aliphatic carbocycles. The van der Waals surface area contributed by atoms with Crippen LogP contribution in [0.5, 0.6) is 11.5 Å². The molecule has 2 aromatic rings. The van der Waals surface area contributed by atoms with Gasteiger partial charge in [0, 0.05) is 36.4 Å². The van der Waals surface area contributed by atoms with Crippen molar-refractivity contribution in [2.24, 2.45) is 20.8 Å². The molecule has 2 aromatic carbocycles. The number of nitro benzene ring substituents is 1. The summed E-state index contributed by atoms with van der Waals surface area (Å²) >= 11 is 0. The van der Waals surface area contributed by atoms with Gasteiger partial charge in [0.05, 0.1) is 11.0 Å². The van der Waals surface area contributed by atoms with Gasteiger partial charge in [-0.2, -0.15) is 5.10 Å². The van der Waals surface area contributed by atoms with Crippen LogP contribution in [0, 0.1) is 15.9 Å². The molecule has 0 bridgehead atoms. The van der Waals surface area contributed by atoms with Crippen molar-refractivity contribution in [3.05, 3.63) is 76.1 Å². The predicted octanol–water partition coefficient (Wildman–Crippen LogP) is 4.84. The summed E-state index contributed by atoms with van der Waals surface area (Å²) < 4.78 is 26.8.